The monoisotopic (exact) mass is 290 g/mol. The molecule has 106 valence electrons. The summed E-state index contributed by atoms with van der Waals surface area (Å²) < 4.78 is 26.4. The highest BCUT2D eigenvalue weighted by Gasteiger charge is 2.29. The Labute approximate surface area is 119 Å². The minimum Gasteiger partial charge on any atom is -0.267 e. The van der Waals surface area contributed by atoms with Crippen molar-refractivity contribution in [3.05, 3.63) is 41.5 Å². The zero-order chi connectivity index (χ0) is 14.0. The van der Waals surface area contributed by atoms with Crippen LogP contribution in [0.1, 0.15) is 37.7 Å². The van der Waals surface area contributed by atoms with Gasteiger partial charge in [0.1, 0.15) is 5.84 Å². The van der Waals surface area contributed by atoms with Gasteiger partial charge >= 0.3 is 0 Å². The first-order chi connectivity index (χ1) is 9.67. The first-order valence-electron chi connectivity index (χ1n) is 7.01. The predicted octanol–water partition coefficient (Wildman–Crippen LogP) is 2.62. The Bertz CT molecular complexity index is 675. The molecule has 3 rings (SSSR count). The van der Waals surface area contributed by atoms with E-state index in [1.165, 1.54) is 24.8 Å². The average molecular weight is 290 g/mol. The fraction of sp³-hybridized carbons (Fsp3) is 0.400. The Hall–Kier alpha value is -1.62. The van der Waals surface area contributed by atoms with Crippen LogP contribution >= 0.6 is 0 Å². The largest absolute Gasteiger partial charge is 0.267 e. The van der Waals surface area contributed by atoms with Crippen molar-refractivity contribution in [2.24, 2.45) is 4.99 Å². The summed E-state index contributed by atoms with van der Waals surface area (Å²) >= 11 is 0. The molecule has 0 fully saturated rings. The minimum atomic E-state index is -3.41. The zero-order valence-corrected chi connectivity index (χ0v) is 12.1. The summed E-state index contributed by atoms with van der Waals surface area (Å²) in [7, 11) is -3.41. The topological polar surface area (TPSA) is 58.5 Å². The first kappa shape index (κ1) is 13.4. The Kier molecular flexibility index (Phi) is 3.61. The number of benzene rings is 1. The second-order valence-electron chi connectivity index (χ2n) is 5.19. The highest BCUT2D eigenvalue weighted by atomic mass is 32.2. The van der Waals surface area contributed by atoms with Crippen molar-refractivity contribution in [3.63, 3.8) is 0 Å². The van der Waals surface area contributed by atoms with Crippen LogP contribution in [0.4, 0.5) is 0 Å². The van der Waals surface area contributed by atoms with Gasteiger partial charge in [0.25, 0.3) is 10.0 Å². The number of hydrogen-bond donors (Lipinski definition) is 1. The molecule has 1 aliphatic heterocycles. The maximum Gasteiger partial charge on any atom is 0.263 e. The van der Waals surface area contributed by atoms with Crippen LogP contribution in [0.25, 0.3) is 0 Å². The van der Waals surface area contributed by atoms with Crippen LogP contribution in [0, 0.1) is 0 Å². The van der Waals surface area contributed by atoms with Crippen LogP contribution in [-0.4, -0.2) is 20.8 Å². The van der Waals surface area contributed by atoms with Gasteiger partial charge in [-0.2, -0.15) is 0 Å². The standard InChI is InChI=1S/C15H18N2O2S/c18-20(19)14-9-5-4-8-13(14)15(17-20)16-11-10-12-6-2-1-3-7-12/h4-6,8-9H,1-3,7,10-11H2,(H,16,17). The van der Waals surface area contributed by atoms with Crippen LogP contribution < -0.4 is 4.72 Å². The van der Waals surface area contributed by atoms with Crippen molar-refractivity contribution < 1.29 is 8.42 Å². The lowest BCUT2D eigenvalue weighted by atomic mass is 9.97. The number of sulfonamides is 1. The Morgan fingerprint density at radius 1 is 1.20 bits per heavy atom. The SMILES string of the molecule is O=S1(=O)NC(=NCCC2=CCCCC2)c2ccccc21. The summed E-state index contributed by atoms with van der Waals surface area (Å²) in [4.78, 5) is 4.77. The highest BCUT2D eigenvalue weighted by Crippen LogP contribution is 2.23. The molecule has 0 atom stereocenters. The van der Waals surface area contributed by atoms with E-state index >= 15 is 0 Å². The molecule has 20 heavy (non-hydrogen) atoms. The molecule has 0 radical (unpaired) electrons. The summed E-state index contributed by atoms with van der Waals surface area (Å²) in [5, 5.41) is 0. The Balaban J connectivity index is 1.75. The molecule has 1 aliphatic carbocycles. The third kappa shape index (κ3) is 2.63. The lowest BCUT2D eigenvalue weighted by molar-refractivity contribution is 0.595. The second-order valence-corrected chi connectivity index (χ2v) is 6.84. The molecule has 1 aromatic rings. The molecule has 0 bridgehead atoms. The number of rotatable bonds is 3. The van der Waals surface area contributed by atoms with E-state index < -0.39 is 10.0 Å². The predicted molar refractivity (Wildman–Crippen MR) is 79.3 cm³/mol. The quantitative estimate of drug-likeness (QED) is 0.870. The molecule has 1 heterocycles. The van der Waals surface area contributed by atoms with Gasteiger partial charge in [-0.1, -0.05) is 23.8 Å². The molecule has 1 aromatic carbocycles. The first-order valence-corrected chi connectivity index (χ1v) is 8.50. The number of allylic oxidation sites excluding steroid dienone is 1. The summed E-state index contributed by atoms with van der Waals surface area (Å²) in [6.07, 6.45) is 8.10. The van der Waals surface area contributed by atoms with E-state index in [1.54, 1.807) is 18.2 Å². The van der Waals surface area contributed by atoms with E-state index in [0.717, 1.165) is 12.8 Å². The normalized spacial score (nSPS) is 22.2. The van der Waals surface area contributed by atoms with E-state index in [1.807, 2.05) is 6.07 Å². The summed E-state index contributed by atoms with van der Waals surface area (Å²) in [6.45, 7) is 0.637. The maximum atomic E-state index is 11.9. The van der Waals surface area contributed by atoms with Gasteiger partial charge in [0.15, 0.2) is 0 Å². The molecule has 0 saturated heterocycles. The molecule has 0 unspecified atom stereocenters. The van der Waals surface area contributed by atoms with Gasteiger partial charge in [0, 0.05) is 12.1 Å². The van der Waals surface area contributed by atoms with E-state index in [4.69, 9.17) is 0 Å². The Morgan fingerprint density at radius 2 is 2.05 bits per heavy atom. The van der Waals surface area contributed by atoms with Crippen molar-refractivity contribution in [1.29, 1.82) is 0 Å². The number of fused-ring (bicyclic) bond motifs is 1. The van der Waals surface area contributed by atoms with Gasteiger partial charge < -0.3 is 0 Å². The molecule has 5 heteroatoms. The van der Waals surface area contributed by atoms with Gasteiger partial charge in [-0.15, -0.1) is 0 Å². The lowest BCUT2D eigenvalue weighted by Gasteiger charge is -2.11. The lowest BCUT2D eigenvalue weighted by Crippen LogP contribution is -2.22. The van der Waals surface area contributed by atoms with Gasteiger partial charge in [-0.25, -0.2) is 8.42 Å². The van der Waals surface area contributed by atoms with Gasteiger partial charge in [-0.05, 0) is 44.2 Å². The summed E-state index contributed by atoms with van der Waals surface area (Å²) in [5.41, 5.74) is 2.14. The fourth-order valence-corrected chi connectivity index (χ4v) is 3.95. The average Bonchev–Trinajstić information content (AvgIpc) is 2.72. The van der Waals surface area contributed by atoms with Crippen molar-refractivity contribution in [2.75, 3.05) is 6.54 Å². The third-order valence-corrected chi connectivity index (χ3v) is 5.15. The highest BCUT2D eigenvalue weighted by molar-refractivity contribution is 7.90. The second kappa shape index (κ2) is 5.40. The molecule has 1 N–H and O–H groups in total. The third-order valence-electron chi connectivity index (χ3n) is 3.75. The zero-order valence-electron chi connectivity index (χ0n) is 11.3. The molecule has 2 aliphatic rings. The molecular formula is C15H18N2O2S. The van der Waals surface area contributed by atoms with Crippen LogP contribution in [0.15, 0.2) is 45.8 Å². The van der Waals surface area contributed by atoms with E-state index in [0.29, 0.717) is 22.8 Å². The van der Waals surface area contributed by atoms with E-state index in [2.05, 4.69) is 15.8 Å². The smallest absolute Gasteiger partial charge is 0.263 e. The van der Waals surface area contributed by atoms with Crippen molar-refractivity contribution in [1.82, 2.24) is 4.72 Å². The molecular weight excluding hydrogens is 272 g/mol. The van der Waals surface area contributed by atoms with Gasteiger partial charge in [-0.3, -0.25) is 9.71 Å². The van der Waals surface area contributed by atoms with Gasteiger partial charge in [0.2, 0.25) is 0 Å². The van der Waals surface area contributed by atoms with Crippen LogP contribution in [0.5, 0.6) is 0 Å². The molecule has 4 nitrogen and oxygen atoms in total. The van der Waals surface area contributed by atoms with Gasteiger partial charge in [0.05, 0.1) is 4.90 Å². The van der Waals surface area contributed by atoms with Crippen molar-refractivity contribution >= 4 is 15.9 Å². The Morgan fingerprint density at radius 3 is 2.85 bits per heavy atom. The maximum absolute atomic E-state index is 11.9. The molecule has 0 amide bonds. The van der Waals surface area contributed by atoms with Crippen molar-refractivity contribution in [2.45, 2.75) is 37.0 Å². The number of aliphatic imine (C=N–C) groups is 1. The molecule has 0 saturated carbocycles. The minimum absolute atomic E-state index is 0.329. The number of amidine groups is 1. The van der Waals surface area contributed by atoms with Crippen LogP contribution in [0.3, 0.4) is 0 Å². The van der Waals surface area contributed by atoms with Crippen LogP contribution in [-0.2, 0) is 10.0 Å². The molecule has 0 spiro atoms. The molecule has 0 aromatic heterocycles. The van der Waals surface area contributed by atoms with Crippen molar-refractivity contribution in [3.8, 4) is 0 Å². The van der Waals surface area contributed by atoms with E-state index in [-0.39, 0.29) is 0 Å². The van der Waals surface area contributed by atoms with Crippen LogP contribution in [0.2, 0.25) is 0 Å². The summed E-state index contributed by atoms with van der Waals surface area (Å²) in [5.74, 6) is 0.483. The fourth-order valence-electron chi connectivity index (χ4n) is 2.69. The number of nitrogens with one attached hydrogen (secondary N) is 1. The summed E-state index contributed by atoms with van der Waals surface area (Å²) in [6, 6.07) is 6.98. The number of hydrogen-bond acceptors (Lipinski definition) is 3. The number of nitrogens with zero attached hydrogens (tertiary/aromatic N) is 1. The van der Waals surface area contributed by atoms with E-state index in [9.17, 15) is 8.42 Å².